The molecule has 0 N–H and O–H groups in total. The van der Waals surface area contributed by atoms with E-state index in [1.165, 1.54) is 0 Å². The van der Waals surface area contributed by atoms with Crippen LogP contribution in [0, 0.1) is 11.8 Å². The third-order valence-corrected chi connectivity index (χ3v) is 2.24. The first-order valence-corrected chi connectivity index (χ1v) is 6.47. The van der Waals surface area contributed by atoms with Crippen LogP contribution in [0.3, 0.4) is 0 Å². The molecule has 0 bridgehead atoms. The van der Waals surface area contributed by atoms with E-state index in [-0.39, 0.29) is 23.0 Å². The van der Waals surface area contributed by atoms with E-state index in [1.807, 2.05) is 27.7 Å². The van der Waals surface area contributed by atoms with Crippen molar-refractivity contribution in [1.29, 1.82) is 0 Å². The fraction of sp³-hybridized carbons (Fsp3) is 0.533. The quantitative estimate of drug-likeness (QED) is 0.424. The minimum Gasteiger partial charge on any atom is -0.356 e. The molecule has 0 spiro atoms. The van der Waals surface area contributed by atoms with Crippen LogP contribution in [-0.4, -0.2) is 18.1 Å². The second-order valence-electron chi connectivity index (χ2n) is 5.43. The van der Waals surface area contributed by atoms with Crippen LogP contribution in [0.4, 0.5) is 4.79 Å². The molecule has 0 radical (unpaired) electrons. The monoisotopic (exact) mass is 282 g/mol. The molecule has 5 heteroatoms. The molecule has 0 saturated carbocycles. The van der Waals surface area contributed by atoms with Crippen LogP contribution in [0.1, 0.15) is 40.5 Å². The van der Waals surface area contributed by atoms with Gasteiger partial charge in [-0.3, -0.25) is 0 Å². The molecule has 0 amide bonds. The lowest BCUT2D eigenvalue weighted by Crippen LogP contribution is -2.20. The van der Waals surface area contributed by atoms with Crippen molar-refractivity contribution in [3.8, 4) is 0 Å². The van der Waals surface area contributed by atoms with Crippen LogP contribution in [0.2, 0.25) is 0 Å². The Bertz CT molecular complexity index is 380. The van der Waals surface area contributed by atoms with E-state index in [1.54, 1.807) is 0 Å². The number of hydrogen-bond donors (Lipinski definition) is 0. The molecule has 112 valence electrons. The van der Waals surface area contributed by atoms with E-state index in [4.69, 9.17) is 0 Å². The molecule has 0 fully saturated rings. The van der Waals surface area contributed by atoms with Gasteiger partial charge in [0, 0.05) is 11.1 Å². The number of carbonyl (C=O) groups excluding carboxylic acids is 3. The summed E-state index contributed by atoms with van der Waals surface area (Å²) in [6.45, 7) is 14.6. The molecule has 0 unspecified atom stereocenters. The largest absolute Gasteiger partial charge is 0.524 e. The zero-order chi connectivity index (χ0) is 15.9. The zero-order valence-electron chi connectivity index (χ0n) is 12.5. The topological polar surface area (TPSA) is 69.7 Å². The molecule has 0 aliphatic rings. The second kappa shape index (κ2) is 8.30. The van der Waals surface area contributed by atoms with Gasteiger partial charge in [-0.1, -0.05) is 40.9 Å². The van der Waals surface area contributed by atoms with Gasteiger partial charge in [0.1, 0.15) is 0 Å². The minimum absolute atomic E-state index is 0.158. The molecule has 0 aromatic carbocycles. The van der Waals surface area contributed by atoms with Gasteiger partial charge in [0.2, 0.25) is 0 Å². The molecule has 0 saturated heterocycles. The molecule has 0 aromatic rings. The molecule has 0 rings (SSSR count). The third kappa shape index (κ3) is 7.51. The first-order chi connectivity index (χ1) is 9.13. The Kier molecular flexibility index (Phi) is 7.51. The van der Waals surface area contributed by atoms with Gasteiger partial charge in [-0.2, -0.15) is 0 Å². The summed E-state index contributed by atoms with van der Waals surface area (Å²) >= 11 is 0. The average molecular weight is 282 g/mol. The van der Waals surface area contributed by atoms with Crippen molar-refractivity contribution >= 4 is 18.1 Å². The smallest absolute Gasteiger partial charge is 0.356 e. The number of esters is 2. The maximum Gasteiger partial charge on any atom is 0.524 e. The summed E-state index contributed by atoms with van der Waals surface area (Å²) in [5.41, 5.74) is 0.316. The van der Waals surface area contributed by atoms with Crippen LogP contribution < -0.4 is 0 Å². The Labute approximate surface area is 119 Å². The Morgan fingerprint density at radius 2 is 1.10 bits per heavy atom. The van der Waals surface area contributed by atoms with Gasteiger partial charge < -0.3 is 9.47 Å². The lowest BCUT2D eigenvalue weighted by molar-refractivity contribution is -0.141. The normalized spacial score (nSPS) is 10.3. The second-order valence-corrected chi connectivity index (χ2v) is 5.43. The minimum atomic E-state index is -1.35. The predicted octanol–water partition coefficient (Wildman–Crippen LogP) is 3.40. The first-order valence-electron chi connectivity index (χ1n) is 6.47. The summed E-state index contributed by atoms with van der Waals surface area (Å²) in [6, 6.07) is 0. The summed E-state index contributed by atoms with van der Waals surface area (Å²) < 4.78 is 8.75. The molecule has 0 aromatic heterocycles. The Morgan fingerprint density at radius 1 is 0.800 bits per heavy atom. The molecule has 0 aliphatic heterocycles. The highest BCUT2D eigenvalue weighted by molar-refractivity contribution is 5.99. The number of rotatable bonds is 6. The van der Waals surface area contributed by atoms with E-state index < -0.39 is 18.1 Å². The summed E-state index contributed by atoms with van der Waals surface area (Å²) in [5, 5.41) is 0. The lowest BCUT2D eigenvalue weighted by atomic mass is 10.1. The number of ether oxygens (including phenoxy) is 2. The molecule has 20 heavy (non-hydrogen) atoms. The average Bonchev–Trinajstić information content (AvgIpc) is 2.26. The van der Waals surface area contributed by atoms with Crippen LogP contribution in [0.5, 0.6) is 0 Å². The highest BCUT2D eigenvalue weighted by atomic mass is 16.8. The summed E-state index contributed by atoms with van der Waals surface area (Å²) in [7, 11) is 0. The molecular weight excluding hydrogens is 260 g/mol. The van der Waals surface area contributed by atoms with Gasteiger partial charge in [-0.25, -0.2) is 14.4 Å². The molecule has 0 atom stereocenters. The summed E-state index contributed by atoms with van der Waals surface area (Å²) in [5.74, 6) is -1.35. The van der Waals surface area contributed by atoms with Crippen molar-refractivity contribution in [2.45, 2.75) is 40.5 Å². The summed E-state index contributed by atoms with van der Waals surface area (Å²) in [6.07, 6.45) is -0.546. The number of hydrogen-bond acceptors (Lipinski definition) is 5. The Morgan fingerprint density at radius 3 is 1.35 bits per heavy atom. The zero-order valence-corrected chi connectivity index (χ0v) is 12.5. The fourth-order valence-corrected chi connectivity index (χ4v) is 1.47. The van der Waals surface area contributed by atoms with Crippen molar-refractivity contribution in [2.75, 3.05) is 0 Å². The maximum atomic E-state index is 11.5. The molecule has 0 heterocycles. The van der Waals surface area contributed by atoms with Crippen LogP contribution >= 0.6 is 0 Å². The van der Waals surface area contributed by atoms with Crippen molar-refractivity contribution in [3.63, 3.8) is 0 Å². The highest BCUT2D eigenvalue weighted by Gasteiger charge is 2.20. The van der Waals surface area contributed by atoms with Gasteiger partial charge in [-0.15, -0.1) is 0 Å². The van der Waals surface area contributed by atoms with Gasteiger partial charge in [0.15, 0.2) is 0 Å². The van der Waals surface area contributed by atoms with Crippen molar-refractivity contribution in [2.24, 2.45) is 11.8 Å². The van der Waals surface area contributed by atoms with Gasteiger partial charge in [-0.05, 0) is 24.7 Å². The Hall–Kier alpha value is -1.91. The lowest BCUT2D eigenvalue weighted by Gasteiger charge is -2.09. The van der Waals surface area contributed by atoms with Gasteiger partial charge in [0.25, 0.3) is 0 Å². The van der Waals surface area contributed by atoms with Crippen LogP contribution in [0.15, 0.2) is 24.3 Å². The summed E-state index contributed by atoms with van der Waals surface area (Å²) in [4.78, 5) is 34.2. The predicted molar refractivity (Wildman–Crippen MR) is 74.8 cm³/mol. The van der Waals surface area contributed by atoms with Gasteiger partial charge >= 0.3 is 18.1 Å². The van der Waals surface area contributed by atoms with Crippen LogP contribution in [0.25, 0.3) is 0 Å². The highest BCUT2D eigenvalue weighted by Crippen LogP contribution is 2.12. The van der Waals surface area contributed by atoms with Crippen molar-refractivity contribution in [3.05, 3.63) is 24.3 Å². The first kappa shape index (κ1) is 18.1. The molecule has 0 aliphatic carbocycles. The van der Waals surface area contributed by atoms with E-state index in [2.05, 4.69) is 22.6 Å². The maximum absolute atomic E-state index is 11.5. The van der Waals surface area contributed by atoms with Gasteiger partial charge in [0.05, 0.1) is 0 Å². The van der Waals surface area contributed by atoms with Crippen molar-refractivity contribution < 1.29 is 23.9 Å². The van der Waals surface area contributed by atoms with Crippen molar-refractivity contribution in [1.82, 2.24) is 0 Å². The Balaban J connectivity index is 4.29. The van der Waals surface area contributed by atoms with E-state index in [0.29, 0.717) is 12.8 Å². The molecule has 5 nitrogen and oxygen atoms in total. The van der Waals surface area contributed by atoms with Crippen LogP contribution in [-0.2, 0) is 19.1 Å². The standard InChI is InChI=1S/C15H22O5/c1-9(2)7-11(5)13(16)19-15(18)20-14(17)12(6)8-10(3)4/h9-10H,5-8H2,1-4H3. The third-order valence-electron chi connectivity index (χ3n) is 2.24. The van der Waals surface area contributed by atoms with E-state index >= 15 is 0 Å². The fourth-order valence-electron chi connectivity index (χ4n) is 1.47. The van der Waals surface area contributed by atoms with E-state index in [0.717, 1.165) is 0 Å². The molecular formula is C15H22O5. The number of carbonyl (C=O) groups is 3. The SMILES string of the molecule is C=C(CC(C)C)C(=O)OC(=O)OC(=O)C(=C)CC(C)C. The van der Waals surface area contributed by atoms with E-state index in [9.17, 15) is 14.4 Å².